The Morgan fingerprint density at radius 1 is 1.20 bits per heavy atom. The molecule has 1 aromatic carbocycles. The minimum atomic E-state index is -0.366. The van der Waals surface area contributed by atoms with Crippen LogP contribution in [-0.4, -0.2) is 16.7 Å². The summed E-state index contributed by atoms with van der Waals surface area (Å²) >= 11 is 0. The molecule has 0 aliphatic heterocycles. The number of aryl methyl sites for hydroxylation is 1. The third-order valence-corrected chi connectivity index (χ3v) is 4.94. The maximum atomic E-state index is 12.9. The molecule has 1 amide bonds. The number of hydrazone groups is 1. The Hall–Kier alpha value is -2.43. The largest absolute Gasteiger partial charge is 0.345 e. The fraction of sp³-hybridized carbons (Fsp3) is 0.400. The van der Waals surface area contributed by atoms with Gasteiger partial charge in [-0.15, -0.1) is 0 Å². The Morgan fingerprint density at radius 2 is 1.88 bits per heavy atom. The van der Waals surface area contributed by atoms with Crippen molar-refractivity contribution in [1.82, 2.24) is 9.99 Å². The predicted molar refractivity (Wildman–Crippen MR) is 97.5 cm³/mol. The van der Waals surface area contributed by atoms with Crippen molar-refractivity contribution in [3.63, 3.8) is 0 Å². The van der Waals surface area contributed by atoms with E-state index in [0.717, 1.165) is 5.56 Å². The number of nitrogens with zero attached hydrogens (tertiary/aromatic N) is 2. The lowest BCUT2D eigenvalue weighted by Gasteiger charge is -2.26. The lowest BCUT2D eigenvalue weighted by molar-refractivity contribution is 0.0955. The number of amides is 1. The third-order valence-electron chi connectivity index (χ3n) is 4.94. The fourth-order valence-electron chi connectivity index (χ4n) is 3.66. The van der Waals surface area contributed by atoms with Gasteiger partial charge in [-0.2, -0.15) is 5.10 Å². The number of halogens is 1. The Labute approximate surface area is 147 Å². The van der Waals surface area contributed by atoms with Crippen LogP contribution in [0.5, 0.6) is 0 Å². The first-order chi connectivity index (χ1) is 12.1. The van der Waals surface area contributed by atoms with E-state index in [2.05, 4.69) is 35.0 Å². The Kier molecular flexibility index (Phi) is 5.31. The normalized spacial score (nSPS) is 15.6. The van der Waals surface area contributed by atoms with Crippen LogP contribution in [-0.2, 0) is 0 Å². The number of carbonyl (C=O) groups is 1. The monoisotopic (exact) mass is 341 g/mol. The minimum Gasteiger partial charge on any atom is -0.345 e. The van der Waals surface area contributed by atoms with E-state index in [0.29, 0.717) is 11.6 Å². The molecule has 3 rings (SSSR count). The van der Waals surface area contributed by atoms with E-state index in [-0.39, 0.29) is 11.7 Å². The average molecular weight is 341 g/mol. The molecular formula is C20H24FN3O. The van der Waals surface area contributed by atoms with Crippen molar-refractivity contribution in [2.75, 3.05) is 0 Å². The van der Waals surface area contributed by atoms with Crippen molar-refractivity contribution in [3.05, 3.63) is 58.7 Å². The second kappa shape index (κ2) is 7.64. The van der Waals surface area contributed by atoms with Gasteiger partial charge in [0.05, 0.1) is 6.21 Å². The van der Waals surface area contributed by atoms with Gasteiger partial charge in [-0.1, -0.05) is 19.3 Å². The average Bonchev–Trinajstić information content (AvgIpc) is 2.90. The molecule has 0 saturated heterocycles. The SMILES string of the molecule is Cc1cc(/C=N\NC(=O)c2ccc(F)cc2)c(C)n1C1CCCCC1. The zero-order valence-electron chi connectivity index (χ0n) is 14.8. The van der Waals surface area contributed by atoms with Gasteiger partial charge in [-0.25, -0.2) is 9.82 Å². The molecule has 1 aliphatic carbocycles. The second-order valence-electron chi connectivity index (χ2n) is 6.69. The van der Waals surface area contributed by atoms with Crippen LogP contribution in [0.1, 0.15) is 65.5 Å². The summed E-state index contributed by atoms with van der Waals surface area (Å²) < 4.78 is 15.3. The van der Waals surface area contributed by atoms with Gasteiger partial charge in [-0.05, 0) is 57.0 Å². The number of carbonyl (C=O) groups excluding carboxylic acids is 1. The van der Waals surface area contributed by atoms with Gasteiger partial charge in [-0.3, -0.25) is 4.79 Å². The lowest BCUT2D eigenvalue weighted by atomic mass is 9.95. The zero-order chi connectivity index (χ0) is 17.8. The molecule has 1 N–H and O–H groups in total. The molecule has 4 nitrogen and oxygen atoms in total. The molecule has 1 aromatic heterocycles. The molecule has 2 aromatic rings. The van der Waals surface area contributed by atoms with Gasteiger partial charge in [0.1, 0.15) is 5.82 Å². The van der Waals surface area contributed by atoms with Crippen LogP contribution >= 0.6 is 0 Å². The number of nitrogens with one attached hydrogen (secondary N) is 1. The number of aromatic nitrogens is 1. The highest BCUT2D eigenvalue weighted by atomic mass is 19.1. The Morgan fingerprint density at radius 3 is 2.56 bits per heavy atom. The summed E-state index contributed by atoms with van der Waals surface area (Å²) in [7, 11) is 0. The lowest BCUT2D eigenvalue weighted by Crippen LogP contribution is -2.17. The summed E-state index contributed by atoms with van der Waals surface area (Å²) in [5, 5.41) is 4.07. The summed E-state index contributed by atoms with van der Waals surface area (Å²) in [6.07, 6.45) is 8.06. The van der Waals surface area contributed by atoms with Crippen LogP contribution in [0.15, 0.2) is 35.4 Å². The van der Waals surface area contributed by atoms with Gasteiger partial charge in [0, 0.05) is 28.6 Å². The highest BCUT2D eigenvalue weighted by Crippen LogP contribution is 2.31. The van der Waals surface area contributed by atoms with Gasteiger partial charge >= 0.3 is 0 Å². The molecule has 0 radical (unpaired) electrons. The maximum Gasteiger partial charge on any atom is 0.271 e. The first-order valence-corrected chi connectivity index (χ1v) is 8.83. The van der Waals surface area contributed by atoms with Crippen LogP contribution in [0.25, 0.3) is 0 Å². The molecule has 0 atom stereocenters. The molecule has 1 saturated carbocycles. The summed E-state index contributed by atoms with van der Waals surface area (Å²) in [5.74, 6) is -0.715. The van der Waals surface area contributed by atoms with Crippen LogP contribution in [0.2, 0.25) is 0 Å². The molecule has 0 spiro atoms. The first kappa shape index (κ1) is 17.4. The van der Waals surface area contributed by atoms with Gasteiger partial charge < -0.3 is 4.57 Å². The highest BCUT2D eigenvalue weighted by Gasteiger charge is 2.19. The predicted octanol–water partition coefficient (Wildman–Crippen LogP) is 4.51. The number of rotatable bonds is 4. The van der Waals surface area contributed by atoms with Gasteiger partial charge in [0.15, 0.2) is 0 Å². The summed E-state index contributed by atoms with van der Waals surface area (Å²) in [6, 6.07) is 8.08. The van der Waals surface area contributed by atoms with Crippen LogP contribution in [0.4, 0.5) is 4.39 Å². The first-order valence-electron chi connectivity index (χ1n) is 8.83. The summed E-state index contributed by atoms with van der Waals surface area (Å²) in [6.45, 7) is 4.22. The smallest absolute Gasteiger partial charge is 0.271 e. The molecule has 25 heavy (non-hydrogen) atoms. The van der Waals surface area contributed by atoms with Crippen LogP contribution < -0.4 is 5.43 Å². The molecule has 5 heteroatoms. The zero-order valence-corrected chi connectivity index (χ0v) is 14.8. The number of hydrogen-bond acceptors (Lipinski definition) is 2. The summed E-state index contributed by atoms with van der Waals surface area (Å²) in [5.41, 5.74) is 6.31. The topological polar surface area (TPSA) is 46.4 Å². The highest BCUT2D eigenvalue weighted by molar-refractivity contribution is 5.94. The second-order valence-corrected chi connectivity index (χ2v) is 6.69. The van der Waals surface area contributed by atoms with Crippen molar-refractivity contribution < 1.29 is 9.18 Å². The molecule has 1 aliphatic rings. The van der Waals surface area contributed by atoms with Crippen molar-refractivity contribution in [2.45, 2.75) is 52.0 Å². The van der Waals surface area contributed by atoms with Crippen molar-refractivity contribution >= 4 is 12.1 Å². The molecule has 0 bridgehead atoms. The van der Waals surface area contributed by atoms with E-state index in [4.69, 9.17) is 0 Å². The van der Waals surface area contributed by atoms with Gasteiger partial charge in [0.25, 0.3) is 5.91 Å². The number of hydrogen-bond donors (Lipinski definition) is 1. The third kappa shape index (κ3) is 3.98. The summed E-state index contributed by atoms with van der Waals surface area (Å²) in [4.78, 5) is 12.0. The van der Waals surface area contributed by atoms with E-state index >= 15 is 0 Å². The quantitative estimate of drug-likeness (QED) is 0.645. The molecule has 1 fully saturated rings. The Bertz CT molecular complexity index is 771. The van der Waals surface area contributed by atoms with Crippen LogP contribution in [0.3, 0.4) is 0 Å². The minimum absolute atomic E-state index is 0.350. The van der Waals surface area contributed by atoms with E-state index in [1.54, 1.807) is 6.21 Å². The molecule has 132 valence electrons. The van der Waals surface area contributed by atoms with Gasteiger partial charge in [0.2, 0.25) is 0 Å². The fourth-order valence-corrected chi connectivity index (χ4v) is 3.66. The van der Waals surface area contributed by atoms with Crippen molar-refractivity contribution in [2.24, 2.45) is 5.10 Å². The standard InChI is InChI=1S/C20H24FN3O/c1-14-12-17(15(2)24(14)19-6-4-3-5-7-19)13-22-23-20(25)16-8-10-18(21)11-9-16/h8-13,19H,3-7H2,1-2H3,(H,23,25)/b22-13-. The molecule has 1 heterocycles. The van der Waals surface area contributed by atoms with E-state index < -0.39 is 0 Å². The van der Waals surface area contributed by atoms with Crippen molar-refractivity contribution in [3.8, 4) is 0 Å². The van der Waals surface area contributed by atoms with E-state index in [1.807, 2.05) is 0 Å². The Balaban J connectivity index is 1.69. The molecular weight excluding hydrogens is 317 g/mol. The maximum absolute atomic E-state index is 12.9. The van der Waals surface area contributed by atoms with E-state index in [1.165, 1.54) is 67.8 Å². The molecule has 0 unspecified atom stereocenters. The van der Waals surface area contributed by atoms with Crippen LogP contribution in [0, 0.1) is 19.7 Å². The van der Waals surface area contributed by atoms with E-state index in [9.17, 15) is 9.18 Å². The number of benzene rings is 1. The van der Waals surface area contributed by atoms with Crippen molar-refractivity contribution in [1.29, 1.82) is 0 Å².